The third-order valence-electron chi connectivity index (χ3n) is 5.54. The summed E-state index contributed by atoms with van der Waals surface area (Å²) < 4.78 is 19.9. The van der Waals surface area contributed by atoms with Gasteiger partial charge < -0.3 is 19.7 Å². The lowest BCUT2D eigenvalue weighted by Crippen LogP contribution is -2.36. The predicted octanol–water partition coefficient (Wildman–Crippen LogP) is 5.31. The van der Waals surface area contributed by atoms with E-state index in [0.29, 0.717) is 18.5 Å². The molecule has 0 aliphatic rings. The van der Waals surface area contributed by atoms with Crippen LogP contribution in [-0.2, 0) is 17.8 Å². The van der Waals surface area contributed by atoms with Crippen molar-refractivity contribution in [1.82, 2.24) is 9.88 Å². The SMILES string of the molecule is O=C(O)c1cccc(Cl)c1OCC(=O)N(CCc1c[nH]c2ccccc12)Cc1ccccc1F. The maximum Gasteiger partial charge on any atom is 0.339 e. The molecule has 0 radical (unpaired) electrons. The number of H-pyrrole nitrogens is 1. The lowest BCUT2D eigenvalue weighted by Gasteiger charge is -2.23. The van der Waals surface area contributed by atoms with Crippen LogP contribution < -0.4 is 4.74 Å². The standard InChI is InChI=1S/C26H22ClFN2O4/c27-21-9-5-8-20(26(32)33)25(21)34-16-24(31)30(15-18-6-1-3-10-22(18)28)13-12-17-14-29-23-11-4-2-7-19(17)23/h1-11,14,29H,12-13,15-16H2,(H,32,33). The van der Waals surface area contributed by atoms with Gasteiger partial charge in [0.15, 0.2) is 12.4 Å². The van der Waals surface area contributed by atoms with E-state index >= 15 is 0 Å². The van der Waals surface area contributed by atoms with Crippen LogP contribution in [0.1, 0.15) is 21.5 Å². The van der Waals surface area contributed by atoms with Crippen molar-refractivity contribution in [2.24, 2.45) is 0 Å². The number of rotatable bonds is 9. The number of fused-ring (bicyclic) bond motifs is 1. The average Bonchev–Trinajstić information content (AvgIpc) is 3.24. The van der Waals surface area contributed by atoms with Crippen molar-refractivity contribution < 1.29 is 23.8 Å². The number of carboxylic acids is 1. The number of nitrogens with one attached hydrogen (secondary N) is 1. The van der Waals surface area contributed by atoms with Crippen LogP contribution in [-0.4, -0.2) is 40.0 Å². The first-order valence-electron chi connectivity index (χ1n) is 10.6. The number of nitrogens with zero attached hydrogens (tertiary/aromatic N) is 1. The zero-order valence-corrected chi connectivity index (χ0v) is 18.9. The minimum absolute atomic E-state index is 0.0472. The number of hydrogen-bond acceptors (Lipinski definition) is 3. The molecule has 3 aromatic carbocycles. The number of carbonyl (C=O) groups is 2. The minimum Gasteiger partial charge on any atom is -0.481 e. The van der Waals surface area contributed by atoms with Gasteiger partial charge in [0.25, 0.3) is 5.91 Å². The molecule has 0 unspecified atom stereocenters. The molecule has 1 aromatic heterocycles. The number of benzene rings is 3. The first-order chi connectivity index (χ1) is 16.4. The molecule has 34 heavy (non-hydrogen) atoms. The van der Waals surface area contributed by atoms with Crippen molar-refractivity contribution >= 4 is 34.4 Å². The topological polar surface area (TPSA) is 82.6 Å². The number of aromatic amines is 1. The van der Waals surface area contributed by atoms with E-state index in [2.05, 4.69) is 4.98 Å². The third kappa shape index (κ3) is 5.21. The second-order valence-corrected chi connectivity index (χ2v) is 8.13. The molecule has 0 atom stereocenters. The Kier molecular flexibility index (Phi) is 7.13. The zero-order chi connectivity index (χ0) is 24.1. The van der Waals surface area contributed by atoms with Crippen molar-refractivity contribution in [2.45, 2.75) is 13.0 Å². The molecule has 1 amide bonds. The molecule has 0 saturated heterocycles. The highest BCUT2D eigenvalue weighted by Crippen LogP contribution is 2.29. The number of aromatic nitrogens is 1. The number of aromatic carboxylic acids is 1. The van der Waals surface area contributed by atoms with E-state index in [-0.39, 0.29) is 22.9 Å². The molecule has 8 heteroatoms. The Morgan fingerprint density at radius 2 is 1.76 bits per heavy atom. The van der Waals surface area contributed by atoms with Crippen molar-refractivity contribution in [3.05, 3.63) is 100 Å². The van der Waals surface area contributed by atoms with Gasteiger partial charge in [-0.2, -0.15) is 0 Å². The second-order valence-electron chi connectivity index (χ2n) is 7.73. The molecule has 0 aliphatic heterocycles. The van der Waals surface area contributed by atoms with Crippen LogP contribution >= 0.6 is 11.6 Å². The molecular weight excluding hydrogens is 459 g/mol. The maximum absolute atomic E-state index is 14.3. The van der Waals surface area contributed by atoms with Crippen molar-refractivity contribution in [1.29, 1.82) is 0 Å². The Bertz CT molecular complexity index is 1340. The fourth-order valence-electron chi connectivity index (χ4n) is 3.77. The molecule has 1 heterocycles. The Morgan fingerprint density at radius 3 is 2.56 bits per heavy atom. The summed E-state index contributed by atoms with van der Waals surface area (Å²) in [6.07, 6.45) is 2.44. The van der Waals surface area contributed by atoms with E-state index in [4.69, 9.17) is 16.3 Å². The Morgan fingerprint density at radius 1 is 1.00 bits per heavy atom. The molecule has 4 aromatic rings. The van der Waals surface area contributed by atoms with Gasteiger partial charge in [0.1, 0.15) is 11.4 Å². The molecule has 4 rings (SSSR count). The van der Waals surface area contributed by atoms with Gasteiger partial charge in [-0.25, -0.2) is 9.18 Å². The fraction of sp³-hybridized carbons (Fsp3) is 0.154. The molecule has 0 saturated carbocycles. The maximum atomic E-state index is 14.3. The lowest BCUT2D eigenvalue weighted by molar-refractivity contribution is -0.134. The fourth-order valence-corrected chi connectivity index (χ4v) is 4.00. The Balaban J connectivity index is 1.53. The summed E-state index contributed by atoms with van der Waals surface area (Å²) in [7, 11) is 0. The summed E-state index contributed by atoms with van der Waals surface area (Å²) >= 11 is 6.10. The highest BCUT2D eigenvalue weighted by Gasteiger charge is 2.20. The Labute approximate surface area is 200 Å². The molecule has 2 N–H and O–H groups in total. The van der Waals surface area contributed by atoms with Crippen molar-refractivity contribution in [3.8, 4) is 5.75 Å². The summed E-state index contributed by atoms with van der Waals surface area (Å²) in [4.78, 5) is 29.3. The number of amides is 1. The summed E-state index contributed by atoms with van der Waals surface area (Å²) in [5.74, 6) is -2.12. The molecule has 6 nitrogen and oxygen atoms in total. The predicted molar refractivity (Wildman–Crippen MR) is 128 cm³/mol. The largest absolute Gasteiger partial charge is 0.481 e. The number of ether oxygens (including phenoxy) is 1. The first kappa shape index (κ1) is 23.3. The van der Waals surface area contributed by atoms with Gasteiger partial charge >= 0.3 is 5.97 Å². The molecular formula is C26H22ClFN2O4. The highest BCUT2D eigenvalue weighted by atomic mass is 35.5. The quantitative estimate of drug-likeness (QED) is 0.340. The van der Waals surface area contributed by atoms with E-state index < -0.39 is 24.3 Å². The van der Waals surface area contributed by atoms with Crippen LogP contribution in [0.4, 0.5) is 4.39 Å². The molecule has 0 aliphatic carbocycles. The van der Waals surface area contributed by atoms with Crippen LogP contribution in [0.25, 0.3) is 10.9 Å². The van der Waals surface area contributed by atoms with E-state index in [1.54, 1.807) is 18.2 Å². The van der Waals surface area contributed by atoms with Crippen LogP contribution in [0.2, 0.25) is 5.02 Å². The van der Waals surface area contributed by atoms with Crippen LogP contribution in [0.3, 0.4) is 0 Å². The summed E-state index contributed by atoms with van der Waals surface area (Å²) in [5, 5.41) is 10.5. The highest BCUT2D eigenvalue weighted by molar-refractivity contribution is 6.32. The molecule has 0 spiro atoms. The Hall–Kier alpha value is -3.84. The van der Waals surface area contributed by atoms with Gasteiger partial charge in [-0.1, -0.05) is 54.1 Å². The second kappa shape index (κ2) is 10.4. The molecule has 0 fully saturated rings. The van der Waals surface area contributed by atoms with Gasteiger partial charge in [0, 0.05) is 35.8 Å². The van der Waals surface area contributed by atoms with Crippen molar-refractivity contribution in [2.75, 3.05) is 13.2 Å². The number of para-hydroxylation sites is 2. The van der Waals surface area contributed by atoms with E-state index in [0.717, 1.165) is 16.5 Å². The zero-order valence-electron chi connectivity index (χ0n) is 18.1. The number of halogens is 2. The van der Waals surface area contributed by atoms with E-state index in [1.165, 1.54) is 29.2 Å². The van der Waals surface area contributed by atoms with Gasteiger partial charge in [0.05, 0.1) is 5.02 Å². The van der Waals surface area contributed by atoms with Gasteiger partial charge in [-0.15, -0.1) is 0 Å². The van der Waals surface area contributed by atoms with Gasteiger partial charge in [-0.05, 0) is 36.2 Å². The van der Waals surface area contributed by atoms with Crippen LogP contribution in [0, 0.1) is 5.82 Å². The first-order valence-corrected chi connectivity index (χ1v) is 11.0. The summed E-state index contributed by atoms with van der Waals surface area (Å²) in [5.41, 5.74) is 2.26. The normalized spacial score (nSPS) is 10.9. The average molecular weight is 481 g/mol. The number of carbonyl (C=O) groups excluding carboxylic acids is 1. The minimum atomic E-state index is -1.22. The summed E-state index contributed by atoms with van der Waals surface area (Å²) in [6.45, 7) is -0.0788. The van der Waals surface area contributed by atoms with Crippen LogP contribution in [0.15, 0.2) is 72.9 Å². The van der Waals surface area contributed by atoms with E-state index in [1.807, 2.05) is 30.5 Å². The van der Waals surface area contributed by atoms with E-state index in [9.17, 15) is 19.1 Å². The van der Waals surface area contributed by atoms with Gasteiger partial charge in [-0.3, -0.25) is 4.79 Å². The van der Waals surface area contributed by atoms with Crippen LogP contribution in [0.5, 0.6) is 5.75 Å². The summed E-state index contributed by atoms with van der Waals surface area (Å²) in [6, 6.07) is 18.4. The van der Waals surface area contributed by atoms with Crippen molar-refractivity contribution in [3.63, 3.8) is 0 Å². The monoisotopic (exact) mass is 480 g/mol. The number of carboxylic acid groups (broad SMARTS) is 1. The number of hydrogen-bond donors (Lipinski definition) is 2. The third-order valence-corrected chi connectivity index (χ3v) is 5.83. The lowest BCUT2D eigenvalue weighted by atomic mass is 10.1. The van der Waals surface area contributed by atoms with Gasteiger partial charge in [0.2, 0.25) is 0 Å². The molecule has 174 valence electrons. The smallest absolute Gasteiger partial charge is 0.339 e. The molecule has 0 bridgehead atoms.